The highest BCUT2D eigenvalue weighted by Crippen LogP contribution is 2.40. The number of hydrogen-bond donors (Lipinski definition) is 0. The van der Waals surface area contributed by atoms with E-state index in [1.54, 1.807) is 12.1 Å². The van der Waals surface area contributed by atoms with Crippen LogP contribution in [0.4, 0.5) is 13.2 Å². The fraction of sp³-hybridized carbons (Fsp3) is 0.0769. The highest BCUT2D eigenvalue weighted by Gasteiger charge is 2.33. The smallest absolute Gasteiger partial charge is 0.166 e. The highest BCUT2D eigenvalue weighted by atomic mass is 127. The van der Waals surface area contributed by atoms with E-state index in [4.69, 9.17) is 11.6 Å². The molecule has 0 aliphatic carbocycles. The Bertz CT molecular complexity index is 581. The van der Waals surface area contributed by atoms with Gasteiger partial charge >= 0.3 is 6.18 Å². The number of rotatable bonds is 2. The average Bonchev–Trinajstić information content (AvgIpc) is 2.33. The van der Waals surface area contributed by atoms with E-state index in [9.17, 15) is 13.2 Å². The second-order valence-corrected chi connectivity index (χ2v) is 6.49. The van der Waals surface area contributed by atoms with E-state index in [0.717, 1.165) is 26.3 Å². The highest BCUT2D eigenvalue weighted by molar-refractivity contribution is 14.1. The molecular formula is C13H7ClF3IS. The van der Waals surface area contributed by atoms with Crippen LogP contribution in [-0.4, -0.2) is 0 Å². The molecule has 19 heavy (non-hydrogen) atoms. The summed E-state index contributed by atoms with van der Waals surface area (Å²) in [5.41, 5.74) is -0.705. The molecule has 0 bridgehead atoms. The molecule has 100 valence electrons. The third-order valence-electron chi connectivity index (χ3n) is 2.29. The number of benzene rings is 2. The van der Waals surface area contributed by atoms with Gasteiger partial charge in [-0.15, -0.1) is 0 Å². The zero-order valence-corrected chi connectivity index (χ0v) is 13.1. The minimum absolute atomic E-state index is 0.0827. The topological polar surface area (TPSA) is 0 Å². The molecule has 0 N–H and O–H groups in total. The maximum absolute atomic E-state index is 12.9. The van der Waals surface area contributed by atoms with E-state index in [0.29, 0.717) is 0 Å². The zero-order valence-electron chi connectivity index (χ0n) is 9.34. The third-order valence-corrected chi connectivity index (χ3v) is 4.33. The van der Waals surface area contributed by atoms with Gasteiger partial charge in [-0.1, -0.05) is 23.4 Å². The van der Waals surface area contributed by atoms with Crippen molar-refractivity contribution >= 4 is 46.0 Å². The minimum Gasteiger partial charge on any atom is -0.166 e. The van der Waals surface area contributed by atoms with Crippen LogP contribution in [-0.2, 0) is 6.18 Å². The summed E-state index contributed by atoms with van der Waals surface area (Å²) in [6.45, 7) is 0. The van der Waals surface area contributed by atoms with Crippen molar-refractivity contribution in [2.24, 2.45) is 0 Å². The normalized spacial score (nSPS) is 11.6. The van der Waals surface area contributed by atoms with Gasteiger partial charge in [0.25, 0.3) is 0 Å². The number of halogens is 5. The average molecular weight is 415 g/mol. The SMILES string of the molecule is FC(F)(F)c1cc(Cl)ccc1Sc1ccc(I)cc1. The van der Waals surface area contributed by atoms with Gasteiger partial charge < -0.3 is 0 Å². The lowest BCUT2D eigenvalue weighted by molar-refractivity contribution is -0.139. The Morgan fingerprint density at radius 1 is 1.00 bits per heavy atom. The Labute approximate surface area is 131 Å². The largest absolute Gasteiger partial charge is 0.417 e. The molecule has 0 aliphatic heterocycles. The van der Waals surface area contributed by atoms with Gasteiger partial charge in [-0.3, -0.25) is 0 Å². The van der Waals surface area contributed by atoms with Crippen molar-refractivity contribution in [3.05, 3.63) is 56.6 Å². The van der Waals surface area contributed by atoms with Gasteiger partial charge in [-0.25, -0.2) is 0 Å². The van der Waals surface area contributed by atoms with Crippen molar-refractivity contribution < 1.29 is 13.2 Å². The molecule has 0 radical (unpaired) electrons. The lowest BCUT2D eigenvalue weighted by Gasteiger charge is -2.12. The molecule has 0 aromatic heterocycles. The van der Waals surface area contributed by atoms with Crippen LogP contribution in [0.2, 0.25) is 5.02 Å². The van der Waals surface area contributed by atoms with Crippen LogP contribution in [0.25, 0.3) is 0 Å². The van der Waals surface area contributed by atoms with Crippen LogP contribution in [0.5, 0.6) is 0 Å². The molecule has 0 nitrogen and oxygen atoms in total. The van der Waals surface area contributed by atoms with Crippen molar-refractivity contribution in [3.63, 3.8) is 0 Å². The Kier molecular flexibility index (Phi) is 4.68. The third kappa shape index (κ3) is 4.03. The number of hydrogen-bond acceptors (Lipinski definition) is 1. The van der Waals surface area contributed by atoms with Gasteiger partial charge in [0.05, 0.1) is 5.56 Å². The minimum atomic E-state index is -4.41. The van der Waals surface area contributed by atoms with Gasteiger partial charge in [0.1, 0.15) is 0 Å². The molecule has 0 spiro atoms. The van der Waals surface area contributed by atoms with Crippen LogP contribution in [0.15, 0.2) is 52.3 Å². The molecule has 2 rings (SSSR count). The van der Waals surface area contributed by atoms with Crippen LogP contribution in [0, 0.1) is 3.57 Å². The molecule has 0 atom stereocenters. The summed E-state index contributed by atoms with van der Waals surface area (Å²) in [5, 5.41) is 0.0827. The quantitative estimate of drug-likeness (QED) is 0.534. The second kappa shape index (κ2) is 5.93. The van der Waals surface area contributed by atoms with E-state index in [-0.39, 0.29) is 9.92 Å². The van der Waals surface area contributed by atoms with Crippen molar-refractivity contribution in [2.75, 3.05) is 0 Å². The predicted molar refractivity (Wildman–Crippen MR) is 79.7 cm³/mol. The maximum atomic E-state index is 12.9. The summed E-state index contributed by atoms with van der Waals surface area (Å²) in [7, 11) is 0. The predicted octanol–water partition coefficient (Wildman–Crippen LogP) is 6.11. The first-order valence-electron chi connectivity index (χ1n) is 5.16. The Morgan fingerprint density at radius 2 is 1.63 bits per heavy atom. The second-order valence-electron chi connectivity index (χ2n) is 3.69. The summed E-state index contributed by atoms with van der Waals surface area (Å²) in [6, 6.07) is 11.1. The molecule has 2 aromatic rings. The summed E-state index contributed by atoms with van der Waals surface area (Å²) in [4.78, 5) is 0.909. The first-order chi connectivity index (χ1) is 8.86. The van der Waals surface area contributed by atoms with E-state index >= 15 is 0 Å². The fourth-order valence-corrected chi connectivity index (χ4v) is 2.92. The lowest BCUT2D eigenvalue weighted by atomic mass is 10.2. The summed E-state index contributed by atoms with van der Waals surface area (Å²) < 4.78 is 39.8. The standard InChI is InChI=1S/C13H7ClF3IS/c14-8-1-6-12(11(7-8)13(15,16)17)19-10-4-2-9(18)3-5-10/h1-7H. The summed E-state index contributed by atoms with van der Waals surface area (Å²) in [5.74, 6) is 0. The summed E-state index contributed by atoms with van der Waals surface area (Å²) >= 11 is 8.86. The lowest BCUT2D eigenvalue weighted by Crippen LogP contribution is -2.06. The Hall–Kier alpha value is -0.400. The van der Waals surface area contributed by atoms with E-state index in [2.05, 4.69) is 22.6 Å². The molecular weight excluding hydrogens is 408 g/mol. The van der Waals surface area contributed by atoms with Crippen molar-refractivity contribution in [2.45, 2.75) is 16.0 Å². The van der Waals surface area contributed by atoms with Crippen LogP contribution in [0.3, 0.4) is 0 Å². The molecule has 0 heterocycles. The molecule has 0 amide bonds. The molecule has 2 aromatic carbocycles. The van der Waals surface area contributed by atoms with Crippen LogP contribution >= 0.6 is 46.0 Å². The van der Waals surface area contributed by atoms with Gasteiger partial charge in [0, 0.05) is 18.4 Å². The van der Waals surface area contributed by atoms with Crippen LogP contribution in [0.1, 0.15) is 5.56 Å². The van der Waals surface area contributed by atoms with E-state index in [1.165, 1.54) is 12.1 Å². The molecule has 0 saturated carbocycles. The Morgan fingerprint density at radius 3 is 2.21 bits per heavy atom. The monoisotopic (exact) mass is 414 g/mol. The van der Waals surface area contributed by atoms with Gasteiger partial charge in [0.15, 0.2) is 0 Å². The van der Waals surface area contributed by atoms with Gasteiger partial charge in [-0.2, -0.15) is 13.2 Å². The van der Waals surface area contributed by atoms with Crippen molar-refractivity contribution in [1.29, 1.82) is 0 Å². The summed E-state index contributed by atoms with van der Waals surface area (Å²) in [6.07, 6.45) is -4.41. The molecule has 0 saturated heterocycles. The maximum Gasteiger partial charge on any atom is 0.417 e. The molecule has 6 heteroatoms. The van der Waals surface area contributed by atoms with E-state index < -0.39 is 11.7 Å². The fourth-order valence-electron chi connectivity index (χ4n) is 1.44. The molecule has 0 fully saturated rings. The van der Waals surface area contributed by atoms with E-state index in [1.807, 2.05) is 12.1 Å². The van der Waals surface area contributed by atoms with Crippen LogP contribution < -0.4 is 0 Å². The first kappa shape index (κ1) is 15.0. The zero-order chi connectivity index (χ0) is 14.0. The van der Waals surface area contributed by atoms with Crippen molar-refractivity contribution in [1.82, 2.24) is 0 Å². The molecule has 0 unspecified atom stereocenters. The van der Waals surface area contributed by atoms with Gasteiger partial charge in [0.2, 0.25) is 0 Å². The molecule has 0 aliphatic rings. The first-order valence-corrected chi connectivity index (χ1v) is 7.44. The van der Waals surface area contributed by atoms with Crippen molar-refractivity contribution in [3.8, 4) is 0 Å². The Balaban J connectivity index is 2.37. The number of alkyl halides is 3. The van der Waals surface area contributed by atoms with Gasteiger partial charge in [-0.05, 0) is 65.1 Å².